The average molecular weight is 303 g/mol. The van der Waals surface area contributed by atoms with Gasteiger partial charge in [0.25, 0.3) is 0 Å². The molecule has 0 aliphatic rings. The van der Waals surface area contributed by atoms with E-state index in [0.29, 0.717) is 11.4 Å². The quantitative estimate of drug-likeness (QED) is 0.794. The van der Waals surface area contributed by atoms with Crippen molar-refractivity contribution < 1.29 is 5.11 Å². The van der Waals surface area contributed by atoms with Gasteiger partial charge < -0.3 is 5.11 Å². The Kier molecular flexibility index (Phi) is 5.08. The molecule has 1 nitrogen and oxygen atoms in total. The zero-order valence-electron chi connectivity index (χ0n) is 12.9. The summed E-state index contributed by atoms with van der Waals surface area (Å²) in [6.45, 7) is 6.67. The molecule has 0 saturated carbocycles. The van der Waals surface area contributed by atoms with Gasteiger partial charge in [-0.2, -0.15) is 0 Å². The number of halogens is 1. The van der Waals surface area contributed by atoms with E-state index in [9.17, 15) is 5.11 Å². The molecule has 0 spiro atoms. The monoisotopic (exact) mass is 302 g/mol. The highest BCUT2D eigenvalue weighted by Crippen LogP contribution is 2.29. The second kappa shape index (κ2) is 6.64. The van der Waals surface area contributed by atoms with E-state index in [4.69, 9.17) is 11.6 Å². The van der Waals surface area contributed by atoms with E-state index < -0.39 is 6.10 Å². The van der Waals surface area contributed by atoms with E-state index in [1.807, 2.05) is 36.4 Å². The van der Waals surface area contributed by atoms with Crippen LogP contribution >= 0.6 is 11.6 Å². The molecule has 0 aromatic heterocycles. The van der Waals surface area contributed by atoms with E-state index in [1.54, 1.807) is 0 Å². The highest BCUT2D eigenvalue weighted by atomic mass is 35.5. The van der Waals surface area contributed by atoms with Crippen LogP contribution in [0.1, 0.15) is 50.0 Å². The van der Waals surface area contributed by atoms with Crippen molar-refractivity contribution in [2.75, 3.05) is 0 Å². The third kappa shape index (κ3) is 3.87. The number of aliphatic hydroxyl groups is 1. The normalized spacial score (nSPS) is 13.2. The van der Waals surface area contributed by atoms with Crippen LogP contribution in [0, 0.1) is 0 Å². The first-order valence-electron chi connectivity index (χ1n) is 7.46. The van der Waals surface area contributed by atoms with Crippen molar-refractivity contribution in [2.45, 2.75) is 45.1 Å². The molecule has 21 heavy (non-hydrogen) atoms. The van der Waals surface area contributed by atoms with Gasteiger partial charge in [-0.25, -0.2) is 0 Å². The van der Waals surface area contributed by atoms with Crippen molar-refractivity contribution in [2.24, 2.45) is 0 Å². The molecule has 2 rings (SSSR count). The topological polar surface area (TPSA) is 20.2 Å². The van der Waals surface area contributed by atoms with Crippen LogP contribution in [-0.4, -0.2) is 5.11 Å². The third-order valence-electron chi connectivity index (χ3n) is 4.33. The van der Waals surface area contributed by atoms with Gasteiger partial charge in [-0.1, -0.05) is 74.8 Å². The van der Waals surface area contributed by atoms with Crippen LogP contribution < -0.4 is 0 Å². The summed E-state index contributed by atoms with van der Waals surface area (Å²) in [6.07, 6.45) is 1.11. The van der Waals surface area contributed by atoms with Gasteiger partial charge in [0.2, 0.25) is 0 Å². The third-order valence-corrected chi connectivity index (χ3v) is 4.70. The molecule has 0 aliphatic heterocycles. The maximum Gasteiger partial charge on any atom is 0.0830 e. The van der Waals surface area contributed by atoms with E-state index in [1.165, 1.54) is 5.56 Å². The van der Waals surface area contributed by atoms with Crippen molar-refractivity contribution in [1.82, 2.24) is 0 Å². The summed E-state index contributed by atoms with van der Waals surface area (Å²) < 4.78 is 0. The standard InChI is InChI=1S/C19H23ClO/c1-4-19(2,3)16-11-9-14(10-12-16)18(21)13-15-7-5-6-8-17(15)20/h5-12,18,21H,4,13H2,1-3H3. The molecule has 1 unspecified atom stereocenters. The lowest BCUT2D eigenvalue weighted by atomic mass is 9.82. The van der Waals surface area contributed by atoms with E-state index in [2.05, 4.69) is 32.9 Å². The molecule has 0 aliphatic carbocycles. The summed E-state index contributed by atoms with van der Waals surface area (Å²) in [4.78, 5) is 0. The molecular formula is C19H23ClO. The van der Waals surface area contributed by atoms with Gasteiger partial charge in [-0.3, -0.25) is 0 Å². The van der Waals surface area contributed by atoms with Gasteiger partial charge in [0.05, 0.1) is 6.10 Å². The minimum Gasteiger partial charge on any atom is -0.388 e. The molecule has 0 saturated heterocycles. The van der Waals surface area contributed by atoms with Crippen molar-refractivity contribution in [3.8, 4) is 0 Å². The van der Waals surface area contributed by atoms with Crippen molar-refractivity contribution in [3.05, 3.63) is 70.2 Å². The molecule has 0 radical (unpaired) electrons. The van der Waals surface area contributed by atoms with Crippen LogP contribution in [0.15, 0.2) is 48.5 Å². The fourth-order valence-corrected chi connectivity index (χ4v) is 2.56. The zero-order chi connectivity index (χ0) is 15.5. The van der Waals surface area contributed by atoms with Gasteiger partial charge in [0.15, 0.2) is 0 Å². The summed E-state index contributed by atoms with van der Waals surface area (Å²) in [5, 5.41) is 11.1. The van der Waals surface area contributed by atoms with E-state index >= 15 is 0 Å². The second-order valence-corrected chi connectivity index (χ2v) is 6.58. The van der Waals surface area contributed by atoms with Crippen LogP contribution in [0.3, 0.4) is 0 Å². The molecule has 2 aromatic carbocycles. The van der Waals surface area contributed by atoms with Crippen molar-refractivity contribution in [3.63, 3.8) is 0 Å². The number of hydrogen-bond acceptors (Lipinski definition) is 1. The van der Waals surface area contributed by atoms with Crippen LogP contribution in [0.4, 0.5) is 0 Å². The fraction of sp³-hybridized carbons (Fsp3) is 0.368. The molecule has 1 N–H and O–H groups in total. The van der Waals surface area contributed by atoms with Crippen molar-refractivity contribution >= 4 is 11.6 Å². The summed E-state index contributed by atoms with van der Waals surface area (Å²) in [6, 6.07) is 15.9. The summed E-state index contributed by atoms with van der Waals surface area (Å²) in [5.74, 6) is 0. The lowest BCUT2D eigenvalue weighted by Gasteiger charge is -2.24. The number of benzene rings is 2. The highest BCUT2D eigenvalue weighted by Gasteiger charge is 2.18. The Morgan fingerprint density at radius 3 is 2.24 bits per heavy atom. The van der Waals surface area contributed by atoms with Gasteiger partial charge in [0.1, 0.15) is 0 Å². The van der Waals surface area contributed by atoms with Gasteiger partial charge in [-0.05, 0) is 34.6 Å². The minimum atomic E-state index is -0.524. The number of rotatable bonds is 5. The molecule has 112 valence electrons. The van der Waals surface area contributed by atoms with Crippen molar-refractivity contribution in [1.29, 1.82) is 0 Å². The highest BCUT2D eigenvalue weighted by molar-refractivity contribution is 6.31. The largest absolute Gasteiger partial charge is 0.388 e. The Morgan fingerprint density at radius 1 is 1.05 bits per heavy atom. The Morgan fingerprint density at radius 2 is 1.67 bits per heavy atom. The first kappa shape index (κ1) is 16.1. The molecule has 2 aromatic rings. The van der Waals surface area contributed by atoms with E-state index in [-0.39, 0.29) is 5.41 Å². The first-order valence-corrected chi connectivity index (χ1v) is 7.84. The van der Waals surface area contributed by atoms with E-state index in [0.717, 1.165) is 17.5 Å². The molecule has 0 amide bonds. The van der Waals surface area contributed by atoms with Crippen LogP contribution in [0.25, 0.3) is 0 Å². The zero-order valence-corrected chi connectivity index (χ0v) is 13.7. The molecule has 0 fully saturated rings. The SMILES string of the molecule is CCC(C)(C)c1ccc(C(O)Cc2ccccc2Cl)cc1. The Bertz CT molecular complexity index is 587. The maximum absolute atomic E-state index is 10.4. The smallest absolute Gasteiger partial charge is 0.0830 e. The Hall–Kier alpha value is -1.31. The number of hydrogen-bond donors (Lipinski definition) is 1. The molecule has 1 atom stereocenters. The molecule has 2 heteroatoms. The summed E-state index contributed by atoms with van der Waals surface area (Å²) in [5.41, 5.74) is 3.39. The lowest BCUT2D eigenvalue weighted by Crippen LogP contribution is -2.15. The maximum atomic E-state index is 10.4. The van der Waals surface area contributed by atoms with Crippen LogP contribution in [0.2, 0.25) is 5.02 Å². The average Bonchev–Trinajstić information content (AvgIpc) is 2.49. The minimum absolute atomic E-state index is 0.173. The lowest BCUT2D eigenvalue weighted by molar-refractivity contribution is 0.178. The summed E-state index contributed by atoms with van der Waals surface area (Å²) in [7, 11) is 0. The summed E-state index contributed by atoms with van der Waals surface area (Å²) >= 11 is 6.15. The Balaban J connectivity index is 2.14. The number of aliphatic hydroxyl groups excluding tert-OH is 1. The van der Waals surface area contributed by atoms with Gasteiger partial charge in [0, 0.05) is 11.4 Å². The predicted molar refractivity (Wildman–Crippen MR) is 89.9 cm³/mol. The molecule has 0 heterocycles. The van der Waals surface area contributed by atoms with Gasteiger partial charge in [-0.15, -0.1) is 0 Å². The van der Waals surface area contributed by atoms with Crippen LogP contribution in [-0.2, 0) is 11.8 Å². The predicted octanol–water partition coefficient (Wildman–Crippen LogP) is 5.30. The first-order chi connectivity index (χ1) is 9.94. The Labute approximate surface area is 132 Å². The molecule has 0 bridgehead atoms. The fourth-order valence-electron chi connectivity index (χ4n) is 2.35. The second-order valence-electron chi connectivity index (χ2n) is 6.17. The van der Waals surface area contributed by atoms with Crippen LogP contribution in [0.5, 0.6) is 0 Å². The van der Waals surface area contributed by atoms with Gasteiger partial charge >= 0.3 is 0 Å². The molecular weight excluding hydrogens is 280 g/mol.